The van der Waals surface area contributed by atoms with Crippen LogP contribution in [0.2, 0.25) is 0 Å². The summed E-state index contributed by atoms with van der Waals surface area (Å²) in [6, 6.07) is 0.0231. The maximum Gasteiger partial charge on any atom is 0.319 e. The third-order valence-electron chi connectivity index (χ3n) is 5.38. The molecule has 0 aromatic carbocycles. The summed E-state index contributed by atoms with van der Waals surface area (Å²) in [4.78, 5) is 32.9. The van der Waals surface area contributed by atoms with E-state index in [1.165, 1.54) is 0 Å². The molecule has 3 amide bonds. The zero-order chi connectivity index (χ0) is 18.9. The zero-order valence-electron chi connectivity index (χ0n) is 16.3. The van der Waals surface area contributed by atoms with Crippen molar-refractivity contribution in [2.75, 3.05) is 53.4 Å². The van der Waals surface area contributed by atoms with Crippen molar-refractivity contribution in [1.29, 1.82) is 0 Å². The van der Waals surface area contributed by atoms with Crippen LogP contribution in [0.4, 0.5) is 4.79 Å². The second kappa shape index (κ2) is 7.26. The maximum absolute atomic E-state index is 12.6. The fourth-order valence-electron chi connectivity index (χ4n) is 4.22. The van der Waals surface area contributed by atoms with E-state index in [9.17, 15) is 9.59 Å². The van der Waals surface area contributed by atoms with E-state index in [2.05, 4.69) is 10.00 Å². The van der Waals surface area contributed by atoms with E-state index in [4.69, 9.17) is 0 Å². The van der Waals surface area contributed by atoms with Crippen molar-refractivity contribution >= 4 is 11.9 Å². The van der Waals surface area contributed by atoms with Gasteiger partial charge in [0.1, 0.15) is 0 Å². The first-order valence-corrected chi connectivity index (χ1v) is 9.26. The number of hydrogen-bond donors (Lipinski definition) is 0. The van der Waals surface area contributed by atoms with Gasteiger partial charge in [-0.25, -0.2) is 4.79 Å². The molecular weight excluding hydrogens is 332 g/mol. The second-order valence-corrected chi connectivity index (χ2v) is 7.92. The van der Waals surface area contributed by atoms with Crippen LogP contribution in [-0.2, 0) is 18.4 Å². The molecule has 2 fully saturated rings. The van der Waals surface area contributed by atoms with E-state index in [1.807, 2.05) is 40.8 Å². The summed E-state index contributed by atoms with van der Waals surface area (Å²) >= 11 is 0. The lowest BCUT2D eigenvalue weighted by atomic mass is 9.86. The van der Waals surface area contributed by atoms with Gasteiger partial charge < -0.3 is 14.7 Å². The van der Waals surface area contributed by atoms with Crippen LogP contribution >= 0.6 is 0 Å². The molecule has 2 saturated heterocycles. The van der Waals surface area contributed by atoms with Gasteiger partial charge in [0.05, 0.1) is 6.20 Å². The largest absolute Gasteiger partial charge is 0.342 e. The fraction of sp³-hybridized carbons (Fsp3) is 0.722. The number of aromatic nitrogens is 2. The quantitative estimate of drug-likeness (QED) is 0.784. The Balaban J connectivity index is 1.82. The summed E-state index contributed by atoms with van der Waals surface area (Å²) < 4.78 is 1.81. The van der Waals surface area contributed by atoms with Gasteiger partial charge in [-0.3, -0.25) is 14.4 Å². The van der Waals surface area contributed by atoms with Crippen molar-refractivity contribution in [2.45, 2.75) is 19.9 Å². The molecule has 26 heavy (non-hydrogen) atoms. The van der Waals surface area contributed by atoms with Crippen LogP contribution in [0.5, 0.6) is 0 Å². The Bertz CT molecular complexity index is 672. The molecule has 2 aliphatic rings. The number of carbonyl (C=O) groups is 2. The Morgan fingerprint density at radius 1 is 1.27 bits per heavy atom. The van der Waals surface area contributed by atoms with E-state index < -0.39 is 0 Å². The third kappa shape index (κ3) is 3.85. The van der Waals surface area contributed by atoms with E-state index in [0.717, 1.165) is 38.3 Å². The molecule has 8 heteroatoms. The third-order valence-corrected chi connectivity index (χ3v) is 5.38. The Labute approximate surface area is 155 Å². The van der Waals surface area contributed by atoms with Gasteiger partial charge in [0.2, 0.25) is 5.91 Å². The highest BCUT2D eigenvalue weighted by atomic mass is 16.2. The number of aryl methyl sites for hydroxylation is 1. The topological polar surface area (TPSA) is 64.9 Å². The smallest absolute Gasteiger partial charge is 0.319 e. The van der Waals surface area contributed by atoms with Gasteiger partial charge in [0.15, 0.2) is 0 Å². The molecule has 3 heterocycles. The van der Waals surface area contributed by atoms with E-state index in [-0.39, 0.29) is 17.4 Å². The standard InChI is InChI=1S/C18H30N6O2/c1-5-23-13-18(8-16(23)25)12-22(11-15-9-19-21(4)10-15)6-7-24(14-18)17(26)20(2)3/h9-10H,5-8,11-14H2,1-4H3/t18-/m0/s1. The van der Waals surface area contributed by atoms with Gasteiger partial charge in [-0.15, -0.1) is 0 Å². The lowest BCUT2D eigenvalue weighted by Gasteiger charge is -2.34. The maximum atomic E-state index is 12.6. The van der Waals surface area contributed by atoms with Gasteiger partial charge in [0.25, 0.3) is 0 Å². The van der Waals surface area contributed by atoms with Crippen molar-refractivity contribution < 1.29 is 9.59 Å². The van der Waals surface area contributed by atoms with Crippen LogP contribution < -0.4 is 0 Å². The number of nitrogens with zero attached hydrogens (tertiary/aromatic N) is 6. The Morgan fingerprint density at radius 2 is 2.04 bits per heavy atom. The second-order valence-electron chi connectivity index (χ2n) is 7.92. The first kappa shape index (κ1) is 18.7. The minimum atomic E-state index is -0.197. The Morgan fingerprint density at radius 3 is 2.62 bits per heavy atom. The van der Waals surface area contributed by atoms with E-state index >= 15 is 0 Å². The van der Waals surface area contributed by atoms with Gasteiger partial charge in [-0.1, -0.05) is 0 Å². The minimum Gasteiger partial charge on any atom is -0.342 e. The average Bonchev–Trinajstić information content (AvgIpc) is 3.07. The van der Waals surface area contributed by atoms with Gasteiger partial charge in [0, 0.05) is 90.6 Å². The number of likely N-dealkylation sites (tertiary alicyclic amines) is 1. The first-order valence-electron chi connectivity index (χ1n) is 9.26. The van der Waals surface area contributed by atoms with Crippen LogP contribution in [0.15, 0.2) is 12.4 Å². The lowest BCUT2D eigenvalue weighted by molar-refractivity contribution is -0.127. The van der Waals surface area contributed by atoms with E-state index in [0.29, 0.717) is 19.5 Å². The summed E-state index contributed by atoms with van der Waals surface area (Å²) in [6.45, 7) is 7.20. The monoisotopic (exact) mass is 362 g/mol. The molecule has 3 rings (SSSR count). The highest BCUT2D eigenvalue weighted by Gasteiger charge is 2.46. The zero-order valence-corrected chi connectivity index (χ0v) is 16.3. The molecule has 2 aliphatic heterocycles. The van der Waals surface area contributed by atoms with Gasteiger partial charge in [-0.2, -0.15) is 5.10 Å². The molecule has 0 N–H and O–H groups in total. The van der Waals surface area contributed by atoms with Crippen molar-refractivity contribution in [1.82, 2.24) is 29.4 Å². The summed E-state index contributed by atoms with van der Waals surface area (Å²) in [7, 11) is 5.48. The molecule has 1 aromatic rings. The molecule has 1 spiro atoms. The molecule has 8 nitrogen and oxygen atoms in total. The summed E-state index contributed by atoms with van der Waals surface area (Å²) in [6.07, 6.45) is 4.43. The molecular formula is C18H30N6O2. The number of urea groups is 1. The van der Waals surface area contributed by atoms with Crippen molar-refractivity contribution in [3.63, 3.8) is 0 Å². The normalized spacial score (nSPS) is 24.4. The lowest BCUT2D eigenvalue weighted by Crippen LogP contribution is -2.47. The fourth-order valence-corrected chi connectivity index (χ4v) is 4.22. The van der Waals surface area contributed by atoms with Crippen molar-refractivity contribution in [3.8, 4) is 0 Å². The minimum absolute atomic E-state index is 0.0231. The number of hydrogen-bond acceptors (Lipinski definition) is 4. The summed E-state index contributed by atoms with van der Waals surface area (Å²) in [5.74, 6) is 0.202. The Kier molecular flexibility index (Phi) is 5.22. The van der Waals surface area contributed by atoms with Crippen LogP contribution in [-0.4, -0.2) is 94.7 Å². The van der Waals surface area contributed by atoms with Crippen LogP contribution in [0.1, 0.15) is 18.9 Å². The predicted octanol–water partition coefficient (Wildman–Crippen LogP) is 0.458. The van der Waals surface area contributed by atoms with Crippen LogP contribution in [0.25, 0.3) is 0 Å². The molecule has 0 unspecified atom stereocenters. The molecule has 0 radical (unpaired) electrons. The first-order chi connectivity index (χ1) is 12.3. The summed E-state index contributed by atoms with van der Waals surface area (Å²) in [5.41, 5.74) is 0.962. The number of amides is 3. The van der Waals surface area contributed by atoms with Gasteiger partial charge in [-0.05, 0) is 6.92 Å². The molecule has 0 aliphatic carbocycles. The Hall–Kier alpha value is -2.09. The molecule has 1 aromatic heterocycles. The van der Waals surface area contributed by atoms with Crippen LogP contribution in [0, 0.1) is 5.41 Å². The molecule has 144 valence electrons. The van der Waals surface area contributed by atoms with Gasteiger partial charge >= 0.3 is 6.03 Å². The average molecular weight is 362 g/mol. The highest BCUT2D eigenvalue weighted by molar-refractivity contribution is 5.80. The van der Waals surface area contributed by atoms with E-state index in [1.54, 1.807) is 19.0 Å². The van der Waals surface area contributed by atoms with Crippen molar-refractivity contribution in [3.05, 3.63) is 18.0 Å². The number of carbonyl (C=O) groups excluding carboxylic acids is 2. The highest BCUT2D eigenvalue weighted by Crippen LogP contribution is 2.35. The van der Waals surface area contributed by atoms with Crippen molar-refractivity contribution in [2.24, 2.45) is 12.5 Å². The molecule has 0 bridgehead atoms. The molecule has 1 atom stereocenters. The predicted molar refractivity (Wildman–Crippen MR) is 98.4 cm³/mol. The number of rotatable bonds is 3. The summed E-state index contributed by atoms with van der Waals surface area (Å²) in [5, 5.41) is 4.25. The molecule has 0 saturated carbocycles. The SMILES string of the molecule is CCN1C[C@]2(CC1=O)CN(Cc1cnn(C)c1)CCN(C(=O)N(C)C)C2. The van der Waals surface area contributed by atoms with Crippen LogP contribution in [0.3, 0.4) is 0 Å².